The van der Waals surface area contributed by atoms with Crippen LogP contribution in [0.5, 0.6) is 0 Å². The number of aromatic nitrogens is 1. The molecule has 110 valence electrons. The fraction of sp³-hybridized carbons (Fsp3) is 0.385. The molecular weight excluding hydrogens is 314 g/mol. The van der Waals surface area contributed by atoms with Gasteiger partial charge in [0.25, 0.3) is 0 Å². The maximum atomic E-state index is 11.9. The SMILES string of the molecule is CSCC[C@H](N)C(=O)Nc1nc2ccc(C)cc2s1.Cl. The highest BCUT2D eigenvalue weighted by Crippen LogP contribution is 2.26. The summed E-state index contributed by atoms with van der Waals surface area (Å²) in [4.78, 5) is 16.3. The molecule has 0 aliphatic heterocycles. The van der Waals surface area contributed by atoms with Crippen LogP contribution in [-0.2, 0) is 4.79 Å². The van der Waals surface area contributed by atoms with Gasteiger partial charge in [0.15, 0.2) is 5.13 Å². The number of thiazole rings is 1. The third kappa shape index (κ3) is 4.34. The first-order valence-corrected chi connectivity index (χ1v) is 8.24. The van der Waals surface area contributed by atoms with Crippen LogP contribution in [0.1, 0.15) is 12.0 Å². The Hall–Kier alpha value is -0.820. The summed E-state index contributed by atoms with van der Waals surface area (Å²) in [5.74, 6) is 0.720. The van der Waals surface area contributed by atoms with Gasteiger partial charge in [-0.05, 0) is 43.0 Å². The van der Waals surface area contributed by atoms with E-state index in [1.54, 1.807) is 11.8 Å². The molecule has 4 nitrogen and oxygen atoms in total. The van der Waals surface area contributed by atoms with Crippen LogP contribution < -0.4 is 11.1 Å². The van der Waals surface area contributed by atoms with E-state index in [0.29, 0.717) is 11.6 Å². The lowest BCUT2D eigenvalue weighted by Gasteiger charge is -2.09. The Morgan fingerprint density at radius 1 is 1.55 bits per heavy atom. The van der Waals surface area contributed by atoms with E-state index in [0.717, 1.165) is 16.0 Å². The Labute approximate surface area is 132 Å². The molecule has 1 aromatic carbocycles. The number of thioether (sulfide) groups is 1. The number of nitrogens with one attached hydrogen (secondary N) is 1. The highest BCUT2D eigenvalue weighted by molar-refractivity contribution is 7.98. The molecule has 0 spiro atoms. The average molecular weight is 332 g/mol. The summed E-state index contributed by atoms with van der Waals surface area (Å²) in [6, 6.07) is 5.57. The quantitative estimate of drug-likeness (QED) is 0.883. The average Bonchev–Trinajstić information content (AvgIpc) is 2.77. The molecule has 20 heavy (non-hydrogen) atoms. The molecule has 2 rings (SSSR count). The molecule has 0 saturated heterocycles. The number of amides is 1. The standard InChI is InChI=1S/C13H17N3OS2.ClH/c1-8-3-4-10-11(7-8)19-13(15-10)16-12(17)9(14)5-6-18-2;/h3-4,7,9H,5-6,14H2,1-2H3,(H,15,16,17);1H/t9-;/m0./s1. The minimum atomic E-state index is -0.471. The van der Waals surface area contributed by atoms with E-state index in [-0.39, 0.29) is 18.3 Å². The van der Waals surface area contributed by atoms with Gasteiger partial charge in [-0.1, -0.05) is 17.4 Å². The van der Waals surface area contributed by atoms with E-state index in [9.17, 15) is 4.79 Å². The minimum absolute atomic E-state index is 0. The number of hydrogen-bond acceptors (Lipinski definition) is 5. The van der Waals surface area contributed by atoms with Gasteiger partial charge in [-0.2, -0.15) is 11.8 Å². The van der Waals surface area contributed by atoms with Crippen molar-refractivity contribution in [1.29, 1.82) is 0 Å². The summed E-state index contributed by atoms with van der Waals surface area (Å²) >= 11 is 3.16. The number of anilines is 1. The summed E-state index contributed by atoms with van der Waals surface area (Å²) in [7, 11) is 0. The van der Waals surface area contributed by atoms with E-state index in [4.69, 9.17) is 5.73 Å². The van der Waals surface area contributed by atoms with Gasteiger partial charge in [-0.25, -0.2) is 4.98 Å². The van der Waals surface area contributed by atoms with Gasteiger partial charge in [0.1, 0.15) is 0 Å². The molecule has 1 amide bonds. The molecule has 2 aromatic rings. The Balaban J connectivity index is 0.00000200. The lowest BCUT2D eigenvalue weighted by Crippen LogP contribution is -2.36. The number of rotatable bonds is 5. The van der Waals surface area contributed by atoms with Crippen molar-refractivity contribution in [1.82, 2.24) is 4.98 Å². The Kier molecular flexibility index (Phi) is 6.75. The summed E-state index contributed by atoms with van der Waals surface area (Å²) in [5, 5.41) is 3.41. The number of aryl methyl sites for hydroxylation is 1. The lowest BCUT2D eigenvalue weighted by atomic mass is 10.2. The van der Waals surface area contributed by atoms with Crippen LogP contribution in [0, 0.1) is 6.92 Å². The number of benzene rings is 1. The second-order valence-electron chi connectivity index (χ2n) is 4.37. The van der Waals surface area contributed by atoms with Crippen LogP contribution in [-0.4, -0.2) is 28.9 Å². The van der Waals surface area contributed by atoms with Crippen molar-refractivity contribution < 1.29 is 4.79 Å². The van der Waals surface area contributed by atoms with Crippen molar-refractivity contribution in [2.75, 3.05) is 17.3 Å². The molecule has 1 aromatic heterocycles. The Bertz CT molecular complexity index is 588. The van der Waals surface area contributed by atoms with Crippen molar-refractivity contribution in [3.63, 3.8) is 0 Å². The van der Waals surface area contributed by atoms with Crippen molar-refractivity contribution in [2.24, 2.45) is 5.73 Å². The maximum Gasteiger partial charge on any atom is 0.243 e. The third-order valence-electron chi connectivity index (χ3n) is 2.74. The molecule has 0 aliphatic rings. The number of carbonyl (C=O) groups is 1. The number of fused-ring (bicyclic) bond motifs is 1. The number of nitrogens with two attached hydrogens (primary N) is 1. The second-order valence-corrected chi connectivity index (χ2v) is 6.38. The molecule has 0 bridgehead atoms. The van der Waals surface area contributed by atoms with Gasteiger partial charge in [0.2, 0.25) is 5.91 Å². The Morgan fingerprint density at radius 2 is 2.30 bits per heavy atom. The van der Waals surface area contributed by atoms with Gasteiger partial charge in [-0.3, -0.25) is 4.79 Å². The van der Waals surface area contributed by atoms with E-state index < -0.39 is 6.04 Å². The highest BCUT2D eigenvalue weighted by atomic mass is 35.5. The molecule has 0 saturated carbocycles. The minimum Gasteiger partial charge on any atom is -0.320 e. The molecule has 0 unspecified atom stereocenters. The smallest absolute Gasteiger partial charge is 0.243 e. The van der Waals surface area contributed by atoms with Crippen molar-refractivity contribution in [2.45, 2.75) is 19.4 Å². The van der Waals surface area contributed by atoms with Crippen LogP contribution in [0.25, 0.3) is 10.2 Å². The number of halogens is 1. The summed E-state index contributed by atoms with van der Waals surface area (Å²) in [6.45, 7) is 2.04. The third-order valence-corrected chi connectivity index (χ3v) is 4.32. The number of carbonyl (C=O) groups excluding carboxylic acids is 1. The molecular formula is C13H18ClN3OS2. The normalized spacial score (nSPS) is 11.9. The predicted octanol–water partition coefficient (Wildman–Crippen LogP) is 3.05. The van der Waals surface area contributed by atoms with Gasteiger partial charge < -0.3 is 11.1 Å². The first kappa shape index (κ1) is 17.2. The maximum absolute atomic E-state index is 11.9. The summed E-state index contributed by atoms with van der Waals surface area (Å²) < 4.78 is 1.08. The van der Waals surface area contributed by atoms with Crippen LogP contribution in [0.3, 0.4) is 0 Å². The Morgan fingerprint density at radius 3 is 3.00 bits per heavy atom. The van der Waals surface area contributed by atoms with Crippen LogP contribution in [0.4, 0.5) is 5.13 Å². The molecule has 1 atom stereocenters. The molecule has 3 N–H and O–H groups in total. The first-order valence-electron chi connectivity index (χ1n) is 6.02. The molecule has 0 radical (unpaired) electrons. The van der Waals surface area contributed by atoms with Crippen LogP contribution in [0.15, 0.2) is 18.2 Å². The summed E-state index contributed by atoms with van der Waals surface area (Å²) in [5.41, 5.74) is 7.91. The largest absolute Gasteiger partial charge is 0.320 e. The van der Waals surface area contributed by atoms with E-state index in [1.807, 2.05) is 25.3 Å². The molecule has 0 fully saturated rings. The van der Waals surface area contributed by atoms with Gasteiger partial charge >= 0.3 is 0 Å². The van der Waals surface area contributed by atoms with Crippen molar-refractivity contribution in [3.05, 3.63) is 23.8 Å². The number of nitrogens with zero attached hydrogens (tertiary/aromatic N) is 1. The fourth-order valence-electron chi connectivity index (χ4n) is 1.66. The van der Waals surface area contributed by atoms with E-state index >= 15 is 0 Å². The van der Waals surface area contributed by atoms with Gasteiger partial charge in [0, 0.05) is 0 Å². The lowest BCUT2D eigenvalue weighted by molar-refractivity contribution is -0.117. The van der Waals surface area contributed by atoms with E-state index in [1.165, 1.54) is 16.9 Å². The van der Waals surface area contributed by atoms with E-state index in [2.05, 4.69) is 16.4 Å². The molecule has 1 heterocycles. The zero-order valence-corrected chi connectivity index (χ0v) is 13.8. The van der Waals surface area contributed by atoms with Crippen LogP contribution >= 0.6 is 35.5 Å². The highest BCUT2D eigenvalue weighted by Gasteiger charge is 2.15. The topological polar surface area (TPSA) is 68.0 Å². The van der Waals surface area contributed by atoms with Crippen molar-refractivity contribution in [3.8, 4) is 0 Å². The fourth-order valence-corrected chi connectivity index (χ4v) is 3.12. The molecule has 7 heteroatoms. The first-order chi connectivity index (χ1) is 9.10. The van der Waals surface area contributed by atoms with Gasteiger partial charge in [0.05, 0.1) is 16.3 Å². The number of hydrogen-bond donors (Lipinski definition) is 2. The predicted molar refractivity (Wildman–Crippen MR) is 91.2 cm³/mol. The second kappa shape index (κ2) is 7.83. The molecule has 0 aliphatic carbocycles. The zero-order chi connectivity index (χ0) is 13.8. The zero-order valence-electron chi connectivity index (χ0n) is 11.4. The van der Waals surface area contributed by atoms with Gasteiger partial charge in [-0.15, -0.1) is 12.4 Å². The van der Waals surface area contributed by atoms with Crippen LogP contribution in [0.2, 0.25) is 0 Å². The van der Waals surface area contributed by atoms with Crippen molar-refractivity contribution >= 4 is 56.8 Å². The monoisotopic (exact) mass is 331 g/mol. The summed E-state index contributed by atoms with van der Waals surface area (Å²) in [6.07, 6.45) is 2.68.